The smallest absolute Gasteiger partial charge is 0.261 e. The molecule has 1 saturated heterocycles. The highest BCUT2D eigenvalue weighted by Crippen LogP contribution is 2.13. The summed E-state index contributed by atoms with van der Waals surface area (Å²) in [6.07, 6.45) is 1.87. The first-order valence-corrected chi connectivity index (χ1v) is 8.46. The third kappa shape index (κ3) is 3.06. The van der Waals surface area contributed by atoms with Crippen molar-refractivity contribution in [2.75, 3.05) is 13.1 Å². The quantitative estimate of drug-likeness (QED) is 0.922. The average Bonchev–Trinajstić information content (AvgIpc) is 2.57. The van der Waals surface area contributed by atoms with Gasteiger partial charge < -0.3 is 10.2 Å². The maximum Gasteiger partial charge on any atom is 0.261 e. The summed E-state index contributed by atoms with van der Waals surface area (Å²) in [6, 6.07) is 6.04. The van der Waals surface area contributed by atoms with Crippen molar-refractivity contribution in [1.29, 1.82) is 0 Å². The number of rotatable bonds is 3. The van der Waals surface area contributed by atoms with Gasteiger partial charge in [-0.15, -0.1) is 0 Å². The molecule has 128 valence electrons. The molecule has 6 heteroatoms. The summed E-state index contributed by atoms with van der Waals surface area (Å²) in [6.45, 7) is 7.98. The van der Waals surface area contributed by atoms with Crippen LogP contribution in [0.15, 0.2) is 29.3 Å². The number of carbonyl (C=O) groups is 1. The first-order chi connectivity index (χ1) is 11.5. The van der Waals surface area contributed by atoms with Crippen molar-refractivity contribution < 1.29 is 4.79 Å². The van der Waals surface area contributed by atoms with E-state index >= 15 is 0 Å². The van der Waals surface area contributed by atoms with Crippen molar-refractivity contribution in [2.24, 2.45) is 0 Å². The number of hydrogen-bond acceptors (Lipinski definition) is 4. The van der Waals surface area contributed by atoms with Crippen molar-refractivity contribution in [2.45, 2.75) is 45.8 Å². The molecule has 1 amide bonds. The van der Waals surface area contributed by atoms with Crippen molar-refractivity contribution in [1.82, 2.24) is 19.8 Å². The largest absolute Gasteiger partial charge is 0.337 e. The predicted octanol–water partition coefficient (Wildman–Crippen LogP) is 1.30. The maximum absolute atomic E-state index is 12.6. The lowest BCUT2D eigenvalue weighted by molar-refractivity contribution is -0.135. The van der Waals surface area contributed by atoms with Crippen LogP contribution in [-0.4, -0.2) is 45.5 Å². The van der Waals surface area contributed by atoms with Crippen LogP contribution in [0.3, 0.4) is 0 Å². The molecule has 1 aromatic carbocycles. The third-order valence-corrected chi connectivity index (χ3v) is 4.98. The lowest BCUT2D eigenvalue weighted by atomic mass is 10.1. The first-order valence-electron chi connectivity index (χ1n) is 8.46. The summed E-state index contributed by atoms with van der Waals surface area (Å²) in [5.74, 6) is 0.0899. The molecule has 1 N–H and O–H groups in total. The van der Waals surface area contributed by atoms with Gasteiger partial charge in [-0.1, -0.05) is 12.1 Å². The van der Waals surface area contributed by atoms with E-state index in [1.54, 1.807) is 12.4 Å². The van der Waals surface area contributed by atoms with Crippen LogP contribution in [0.1, 0.15) is 25.8 Å². The standard InChI is InChI=1S/C18H24N4O2/c1-12-5-4-6-15-17(12)20-11-21(18(15)24)9-7-16(23)22-10-8-19-13(2)14(22)3/h4-6,11,13-14,19H,7-10H2,1-3H3. The molecule has 1 aliphatic rings. The van der Waals surface area contributed by atoms with E-state index in [1.807, 2.05) is 24.0 Å². The summed E-state index contributed by atoms with van der Waals surface area (Å²) in [4.78, 5) is 31.4. The normalized spacial score (nSPS) is 21.2. The van der Waals surface area contributed by atoms with Crippen LogP contribution >= 0.6 is 0 Å². The van der Waals surface area contributed by atoms with Crippen molar-refractivity contribution >= 4 is 16.8 Å². The first kappa shape index (κ1) is 16.6. The Labute approximate surface area is 141 Å². The van der Waals surface area contributed by atoms with Crippen LogP contribution in [0.2, 0.25) is 0 Å². The van der Waals surface area contributed by atoms with Gasteiger partial charge in [-0.25, -0.2) is 4.98 Å². The number of carbonyl (C=O) groups excluding carboxylic acids is 1. The Balaban J connectivity index is 1.75. The van der Waals surface area contributed by atoms with Crippen molar-refractivity contribution in [3.8, 4) is 0 Å². The Bertz CT molecular complexity index is 814. The highest BCUT2D eigenvalue weighted by Gasteiger charge is 2.27. The number of amides is 1. The molecule has 2 atom stereocenters. The zero-order valence-corrected chi connectivity index (χ0v) is 14.5. The van der Waals surface area contributed by atoms with Crippen LogP contribution in [0.25, 0.3) is 10.9 Å². The lowest BCUT2D eigenvalue weighted by Gasteiger charge is -2.38. The third-order valence-electron chi connectivity index (χ3n) is 4.98. The van der Waals surface area contributed by atoms with Gasteiger partial charge in [-0.05, 0) is 32.4 Å². The number of benzene rings is 1. The molecule has 0 spiro atoms. The van der Waals surface area contributed by atoms with Crippen molar-refractivity contribution in [3.05, 3.63) is 40.4 Å². The molecule has 1 aromatic heterocycles. The summed E-state index contributed by atoms with van der Waals surface area (Å²) in [5, 5.41) is 3.97. The second kappa shape index (κ2) is 6.73. The molecule has 2 aromatic rings. The summed E-state index contributed by atoms with van der Waals surface area (Å²) in [5.41, 5.74) is 1.63. The van der Waals surface area contributed by atoms with Gasteiger partial charge in [0.15, 0.2) is 0 Å². The Kier molecular flexibility index (Phi) is 4.66. The van der Waals surface area contributed by atoms with Crippen LogP contribution in [0, 0.1) is 6.92 Å². The van der Waals surface area contributed by atoms with E-state index in [0.717, 1.165) is 17.6 Å². The van der Waals surface area contributed by atoms with Gasteiger partial charge in [-0.3, -0.25) is 14.2 Å². The number of aryl methyl sites for hydroxylation is 2. The minimum absolute atomic E-state index is 0.0850. The number of aromatic nitrogens is 2. The van der Waals surface area contributed by atoms with Crippen LogP contribution < -0.4 is 10.9 Å². The molecule has 1 fully saturated rings. The predicted molar refractivity (Wildman–Crippen MR) is 94.0 cm³/mol. The zero-order chi connectivity index (χ0) is 17.3. The van der Waals surface area contributed by atoms with E-state index in [0.29, 0.717) is 24.9 Å². The molecule has 2 unspecified atom stereocenters. The van der Waals surface area contributed by atoms with E-state index in [4.69, 9.17) is 0 Å². The Hall–Kier alpha value is -2.21. The second-order valence-electron chi connectivity index (χ2n) is 6.53. The Morgan fingerprint density at radius 1 is 1.38 bits per heavy atom. The van der Waals surface area contributed by atoms with Gasteiger partial charge in [-0.2, -0.15) is 0 Å². The molecule has 24 heavy (non-hydrogen) atoms. The van der Waals surface area contributed by atoms with Gasteiger partial charge in [0.1, 0.15) is 0 Å². The molecular weight excluding hydrogens is 304 g/mol. The molecule has 2 heterocycles. The average molecular weight is 328 g/mol. The summed E-state index contributed by atoms with van der Waals surface area (Å²) < 4.78 is 1.54. The van der Waals surface area contributed by atoms with Crippen LogP contribution in [0.5, 0.6) is 0 Å². The molecular formula is C18H24N4O2. The van der Waals surface area contributed by atoms with Crippen molar-refractivity contribution in [3.63, 3.8) is 0 Å². The fourth-order valence-electron chi connectivity index (χ4n) is 3.27. The van der Waals surface area contributed by atoms with E-state index in [2.05, 4.69) is 24.1 Å². The summed E-state index contributed by atoms with van der Waals surface area (Å²) in [7, 11) is 0. The summed E-state index contributed by atoms with van der Waals surface area (Å²) >= 11 is 0. The Morgan fingerprint density at radius 3 is 2.96 bits per heavy atom. The second-order valence-corrected chi connectivity index (χ2v) is 6.53. The maximum atomic E-state index is 12.6. The van der Waals surface area contributed by atoms with Gasteiger partial charge in [0, 0.05) is 38.1 Å². The fraction of sp³-hybridized carbons (Fsp3) is 0.500. The van der Waals surface area contributed by atoms with Gasteiger partial charge in [0.2, 0.25) is 5.91 Å². The molecule has 0 aliphatic carbocycles. The Morgan fingerprint density at radius 2 is 2.17 bits per heavy atom. The minimum Gasteiger partial charge on any atom is -0.337 e. The van der Waals surface area contributed by atoms with Gasteiger partial charge >= 0.3 is 0 Å². The SMILES string of the molecule is Cc1cccc2c(=O)n(CCC(=O)N3CCNC(C)C3C)cnc12. The van der Waals surface area contributed by atoms with E-state index in [-0.39, 0.29) is 23.6 Å². The topological polar surface area (TPSA) is 67.2 Å². The number of piperazine rings is 1. The van der Waals surface area contributed by atoms with Gasteiger partial charge in [0.25, 0.3) is 5.56 Å². The molecule has 6 nitrogen and oxygen atoms in total. The molecule has 0 radical (unpaired) electrons. The highest BCUT2D eigenvalue weighted by molar-refractivity contribution is 5.80. The molecule has 0 bridgehead atoms. The zero-order valence-electron chi connectivity index (χ0n) is 14.5. The molecule has 0 saturated carbocycles. The molecule has 1 aliphatic heterocycles. The number of hydrogen-bond donors (Lipinski definition) is 1. The van der Waals surface area contributed by atoms with E-state index in [1.165, 1.54) is 4.57 Å². The number of para-hydroxylation sites is 1. The monoisotopic (exact) mass is 328 g/mol. The highest BCUT2D eigenvalue weighted by atomic mass is 16.2. The van der Waals surface area contributed by atoms with E-state index in [9.17, 15) is 9.59 Å². The number of fused-ring (bicyclic) bond motifs is 1. The molecule has 3 rings (SSSR count). The number of nitrogens with one attached hydrogen (secondary N) is 1. The van der Waals surface area contributed by atoms with Crippen LogP contribution in [-0.2, 0) is 11.3 Å². The van der Waals surface area contributed by atoms with Crippen LogP contribution in [0.4, 0.5) is 0 Å². The van der Waals surface area contributed by atoms with E-state index < -0.39 is 0 Å². The number of nitrogens with zero attached hydrogens (tertiary/aromatic N) is 3. The fourth-order valence-corrected chi connectivity index (χ4v) is 3.27. The minimum atomic E-state index is -0.0850. The lowest BCUT2D eigenvalue weighted by Crippen LogP contribution is -2.57. The van der Waals surface area contributed by atoms with Gasteiger partial charge in [0.05, 0.1) is 17.2 Å².